The standard InChI is InChI=1S/C11H23N3O8/c15-11(10-5-3-6-12-10)20-7-2-1-4-9(22-14(18)19)8-21-13(16)17/h9-10,12,16-19H,1-8H2. The number of rotatable bonds is 11. The molecule has 0 aliphatic carbocycles. The van der Waals surface area contributed by atoms with E-state index < -0.39 is 16.9 Å². The molecule has 1 aliphatic heterocycles. The lowest BCUT2D eigenvalue weighted by atomic mass is 10.1. The summed E-state index contributed by atoms with van der Waals surface area (Å²) >= 11 is 0. The van der Waals surface area contributed by atoms with Crippen molar-refractivity contribution in [2.45, 2.75) is 44.2 Å². The van der Waals surface area contributed by atoms with Crippen LogP contribution in [0.25, 0.3) is 0 Å². The number of hydrogen-bond acceptors (Lipinski definition) is 11. The largest absolute Gasteiger partial charge is 0.465 e. The highest BCUT2D eigenvalue weighted by Gasteiger charge is 2.23. The summed E-state index contributed by atoms with van der Waals surface area (Å²) < 4.78 is 5.12. The molecule has 11 nitrogen and oxygen atoms in total. The predicted octanol–water partition coefficient (Wildman–Crippen LogP) is -0.155. The number of nitrogens with one attached hydrogen (secondary N) is 1. The number of hydrogen-bond donors (Lipinski definition) is 5. The molecule has 0 saturated carbocycles. The van der Waals surface area contributed by atoms with Crippen LogP contribution in [-0.4, -0.2) is 69.5 Å². The van der Waals surface area contributed by atoms with E-state index in [0.29, 0.717) is 19.3 Å². The van der Waals surface area contributed by atoms with Crippen LogP contribution in [-0.2, 0) is 19.2 Å². The number of nitrogens with zero attached hydrogens (tertiary/aromatic N) is 2. The molecule has 130 valence electrons. The van der Waals surface area contributed by atoms with E-state index in [0.717, 1.165) is 19.4 Å². The quantitative estimate of drug-likeness (QED) is 0.196. The van der Waals surface area contributed by atoms with Gasteiger partial charge in [-0.15, -0.1) is 0 Å². The fourth-order valence-electron chi connectivity index (χ4n) is 2.08. The third-order valence-electron chi connectivity index (χ3n) is 3.13. The molecule has 0 spiro atoms. The first-order valence-electron chi connectivity index (χ1n) is 7.04. The second kappa shape index (κ2) is 10.8. The molecule has 2 unspecified atom stereocenters. The number of carbonyl (C=O) groups excluding carboxylic acids is 1. The summed E-state index contributed by atoms with van der Waals surface area (Å²) in [4.78, 5) is 20.5. The normalized spacial score (nSPS) is 19.8. The molecule has 1 fully saturated rings. The number of ether oxygens (including phenoxy) is 1. The summed E-state index contributed by atoms with van der Waals surface area (Å²) in [5.41, 5.74) is 0. The first-order chi connectivity index (χ1) is 10.5. The van der Waals surface area contributed by atoms with Gasteiger partial charge in [0, 0.05) is 0 Å². The zero-order valence-corrected chi connectivity index (χ0v) is 12.1. The van der Waals surface area contributed by atoms with Gasteiger partial charge < -0.3 is 10.1 Å². The lowest BCUT2D eigenvalue weighted by Gasteiger charge is -2.19. The Morgan fingerprint density at radius 3 is 2.59 bits per heavy atom. The van der Waals surface area contributed by atoms with Crippen molar-refractivity contribution in [3.63, 3.8) is 0 Å². The van der Waals surface area contributed by atoms with Gasteiger partial charge in [-0.05, 0) is 38.6 Å². The summed E-state index contributed by atoms with van der Waals surface area (Å²) in [5.74, 6) is -0.262. The van der Waals surface area contributed by atoms with Gasteiger partial charge in [0.05, 0.1) is 17.4 Å². The predicted molar refractivity (Wildman–Crippen MR) is 67.5 cm³/mol. The molecule has 1 rings (SSSR count). The summed E-state index contributed by atoms with van der Waals surface area (Å²) in [7, 11) is 0. The lowest BCUT2D eigenvalue weighted by Crippen LogP contribution is -2.32. The summed E-state index contributed by atoms with van der Waals surface area (Å²) in [6.45, 7) is 0.763. The number of esters is 1. The Morgan fingerprint density at radius 1 is 1.23 bits per heavy atom. The minimum atomic E-state index is -0.816. The average Bonchev–Trinajstić information content (AvgIpc) is 2.97. The molecule has 0 bridgehead atoms. The first-order valence-corrected chi connectivity index (χ1v) is 7.04. The van der Waals surface area contributed by atoms with Crippen LogP contribution >= 0.6 is 0 Å². The Morgan fingerprint density at radius 2 is 2.00 bits per heavy atom. The number of carbonyl (C=O) groups is 1. The minimum Gasteiger partial charge on any atom is -0.465 e. The van der Waals surface area contributed by atoms with Crippen molar-refractivity contribution >= 4 is 5.97 Å². The maximum Gasteiger partial charge on any atom is 0.323 e. The molecule has 0 aromatic rings. The van der Waals surface area contributed by atoms with E-state index in [-0.39, 0.29) is 25.2 Å². The smallest absolute Gasteiger partial charge is 0.323 e. The molecule has 0 aromatic carbocycles. The van der Waals surface area contributed by atoms with Gasteiger partial charge >= 0.3 is 5.97 Å². The average molecular weight is 325 g/mol. The van der Waals surface area contributed by atoms with Crippen LogP contribution in [0, 0.1) is 0 Å². The van der Waals surface area contributed by atoms with Crippen LogP contribution in [0.5, 0.6) is 0 Å². The molecule has 1 heterocycles. The van der Waals surface area contributed by atoms with Gasteiger partial charge in [0.2, 0.25) is 0 Å². The molecule has 5 N–H and O–H groups in total. The minimum absolute atomic E-state index is 0.220. The van der Waals surface area contributed by atoms with Gasteiger partial charge in [0.1, 0.15) is 18.8 Å². The zero-order chi connectivity index (χ0) is 16.4. The van der Waals surface area contributed by atoms with Crippen molar-refractivity contribution in [2.75, 3.05) is 19.8 Å². The molecule has 2 atom stereocenters. The Balaban J connectivity index is 2.11. The van der Waals surface area contributed by atoms with E-state index in [1.165, 1.54) is 0 Å². The van der Waals surface area contributed by atoms with Crippen molar-refractivity contribution in [1.82, 2.24) is 16.1 Å². The highest BCUT2D eigenvalue weighted by Crippen LogP contribution is 2.09. The van der Waals surface area contributed by atoms with E-state index in [1.54, 1.807) is 0 Å². The van der Waals surface area contributed by atoms with Crippen LogP contribution < -0.4 is 5.32 Å². The van der Waals surface area contributed by atoms with E-state index in [4.69, 9.17) is 25.6 Å². The van der Waals surface area contributed by atoms with E-state index >= 15 is 0 Å². The molecule has 0 amide bonds. The molecular formula is C11H23N3O8. The van der Waals surface area contributed by atoms with Crippen LogP contribution in [0.4, 0.5) is 0 Å². The van der Waals surface area contributed by atoms with Crippen LogP contribution in [0.1, 0.15) is 32.1 Å². The second-order valence-corrected chi connectivity index (χ2v) is 4.84. The Kier molecular flexibility index (Phi) is 9.38. The fourth-order valence-corrected chi connectivity index (χ4v) is 2.08. The topological polar surface area (TPSA) is 144 Å². The Labute approximate surface area is 127 Å². The van der Waals surface area contributed by atoms with Gasteiger partial charge in [0.25, 0.3) is 0 Å². The van der Waals surface area contributed by atoms with Crippen LogP contribution in [0.15, 0.2) is 0 Å². The summed E-state index contributed by atoms with van der Waals surface area (Å²) in [6, 6.07) is -0.220. The third-order valence-corrected chi connectivity index (χ3v) is 3.13. The second-order valence-electron chi connectivity index (χ2n) is 4.84. The fraction of sp³-hybridized carbons (Fsp3) is 0.909. The third kappa shape index (κ3) is 8.53. The number of unbranched alkanes of at least 4 members (excludes halogenated alkanes) is 1. The molecule has 1 saturated heterocycles. The van der Waals surface area contributed by atoms with E-state index in [1.807, 2.05) is 0 Å². The van der Waals surface area contributed by atoms with Crippen molar-refractivity contribution in [3.8, 4) is 0 Å². The van der Waals surface area contributed by atoms with Crippen molar-refractivity contribution < 1.29 is 40.0 Å². The molecule has 0 aromatic heterocycles. The maximum atomic E-state index is 11.6. The molecule has 0 radical (unpaired) electrons. The van der Waals surface area contributed by atoms with Crippen molar-refractivity contribution in [1.29, 1.82) is 0 Å². The SMILES string of the molecule is O=C(OCCCCC(CON(O)O)ON(O)O)C1CCCN1. The van der Waals surface area contributed by atoms with Gasteiger partial charge in [-0.3, -0.25) is 25.6 Å². The van der Waals surface area contributed by atoms with E-state index in [2.05, 4.69) is 15.0 Å². The summed E-state index contributed by atoms with van der Waals surface area (Å²) in [6.07, 6.45) is 2.35. The maximum absolute atomic E-state index is 11.6. The van der Waals surface area contributed by atoms with Gasteiger partial charge in [-0.2, -0.15) is 0 Å². The highest BCUT2D eigenvalue weighted by molar-refractivity contribution is 5.76. The summed E-state index contributed by atoms with van der Waals surface area (Å²) in [5, 5.41) is 36.1. The molecule has 11 heteroatoms. The van der Waals surface area contributed by atoms with Crippen LogP contribution in [0.2, 0.25) is 0 Å². The lowest BCUT2D eigenvalue weighted by molar-refractivity contribution is -0.527. The Hall–Kier alpha value is -0.890. The monoisotopic (exact) mass is 325 g/mol. The van der Waals surface area contributed by atoms with E-state index in [9.17, 15) is 4.79 Å². The van der Waals surface area contributed by atoms with Gasteiger partial charge in [-0.25, -0.2) is 9.68 Å². The van der Waals surface area contributed by atoms with Crippen LogP contribution in [0.3, 0.4) is 0 Å². The van der Waals surface area contributed by atoms with Gasteiger partial charge in [0.15, 0.2) is 0 Å². The molecule has 22 heavy (non-hydrogen) atoms. The van der Waals surface area contributed by atoms with Crippen molar-refractivity contribution in [2.24, 2.45) is 0 Å². The van der Waals surface area contributed by atoms with Gasteiger partial charge in [-0.1, -0.05) is 0 Å². The first kappa shape index (κ1) is 19.2. The zero-order valence-electron chi connectivity index (χ0n) is 12.1. The van der Waals surface area contributed by atoms with Crippen molar-refractivity contribution in [3.05, 3.63) is 0 Å². The Bertz CT molecular complexity index is 312. The highest BCUT2D eigenvalue weighted by atomic mass is 17.1. The molecular weight excluding hydrogens is 302 g/mol. The molecule has 1 aliphatic rings.